The fraction of sp³-hybridized carbons (Fsp3) is 0.174. The molecule has 0 fully saturated rings. The molecule has 0 amide bonds. The number of aryl methyl sites for hydroxylation is 1. The molecule has 0 unspecified atom stereocenters. The van der Waals surface area contributed by atoms with Crippen LogP contribution in [0.1, 0.15) is 10.6 Å². The van der Waals surface area contributed by atoms with Crippen LogP contribution in [0.3, 0.4) is 0 Å². The van der Waals surface area contributed by atoms with E-state index in [1.165, 1.54) is 42.6 Å². The zero-order valence-corrected chi connectivity index (χ0v) is 21.0. The van der Waals surface area contributed by atoms with E-state index in [1.807, 2.05) is 0 Å². The van der Waals surface area contributed by atoms with E-state index in [9.17, 15) is 13.2 Å². The van der Waals surface area contributed by atoms with Crippen molar-refractivity contribution in [2.45, 2.75) is 12.8 Å². The Kier molecular flexibility index (Phi) is 6.31. The number of alkyl halides is 3. The number of rotatable bonds is 6. The SMILES string of the molecule is COc1cc2c(Nc3ccc(Cl)c(Cl)c3)ncnc2cc1OCc1cc2c(C(F)(F)F)nn(C)c2s1. The second kappa shape index (κ2) is 9.30. The minimum atomic E-state index is -4.54. The largest absolute Gasteiger partial charge is 0.493 e. The fourth-order valence-electron chi connectivity index (χ4n) is 3.67. The Morgan fingerprint density at radius 1 is 1.03 bits per heavy atom. The molecule has 13 heteroatoms. The van der Waals surface area contributed by atoms with Crippen LogP contribution in [0.25, 0.3) is 21.1 Å². The smallest absolute Gasteiger partial charge is 0.435 e. The highest BCUT2D eigenvalue weighted by Gasteiger charge is 2.37. The van der Waals surface area contributed by atoms with Gasteiger partial charge in [0.05, 0.1) is 22.7 Å². The van der Waals surface area contributed by atoms with Gasteiger partial charge in [-0.1, -0.05) is 23.2 Å². The maximum Gasteiger partial charge on any atom is 0.435 e. The third kappa shape index (κ3) is 4.61. The molecular formula is C23H16Cl2F3N5O2S. The highest BCUT2D eigenvalue weighted by atomic mass is 35.5. The summed E-state index contributed by atoms with van der Waals surface area (Å²) in [4.78, 5) is 9.65. The molecule has 1 N–H and O–H groups in total. The van der Waals surface area contributed by atoms with E-state index in [0.29, 0.717) is 53.7 Å². The predicted octanol–water partition coefficient (Wildman–Crippen LogP) is 7.23. The summed E-state index contributed by atoms with van der Waals surface area (Å²) in [7, 11) is 2.97. The molecule has 5 aromatic rings. The van der Waals surface area contributed by atoms with Gasteiger partial charge in [-0.25, -0.2) is 9.97 Å². The molecule has 5 rings (SSSR count). The van der Waals surface area contributed by atoms with Crippen molar-refractivity contribution < 1.29 is 22.6 Å². The van der Waals surface area contributed by atoms with Gasteiger partial charge in [-0.2, -0.15) is 18.3 Å². The van der Waals surface area contributed by atoms with Crippen LogP contribution in [-0.4, -0.2) is 26.9 Å². The number of nitrogens with zero attached hydrogens (tertiary/aromatic N) is 4. The standard InChI is InChI=1S/C23H16Cl2F3N5O2S/c1-33-22-14(20(32-33)23(26,27)28)6-12(36-22)9-35-19-8-17-13(7-18(19)34-2)21(30-10-29-17)31-11-3-4-15(24)16(25)5-11/h3-8,10H,9H2,1-2H3,(H,29,30,31). The van der Waals surface area contributed by atoms with Crippen LogP contribution < -0.4 is 14.8 Å². The summed E-state index contributed by atoms with van der Waals surface area (Å²) in [6.45, 7) is 0.0397. The van der Waals surface area contributed by atoms with Crippen LogP contribution in [-0.2, 0) is 19.8 Å². The number of anilines is 2. The first-order valence-corrected chi connectivity index (χ1v) is 11.9. The Morgan fingerprint density at radius 2 is 1.83 bits per heavy atom. The number of thiophene rings is 1. The van der Waals surface area contributed by atoms with Crippen LogP contribution >= 0.6 is 34.5 Å². The van der Waals surface area contributed by atoms with E-state index in [0.717, 1.165) is 0 Å². The third-order valence-corrected chi connectivity index (χ3v) is 7.22. The van der Waals surface area contributed by atoms with Crippen molar-refractivity contribution >= 4 is 67.2 Å². The van der Waals surface area contributed by atoms with E-state index < -0.39 is 11.9 Å². The number of benzene rings is 2. The summed E-state index contributed by atoms with van der Waals surface area (Å²) >= 11 is 13.3. The molecule has 0 atom stereocenters. The summed E-state index contributed by atoms with van der Waals surface area (Å²) in [6.07, 6.45) is -3.14. The van der Waals surface area contributed by atoms with Crippen molar-refractivity contribution in [3.8, 4) is 11.5 Å². The minimum Gasteiger partial charge on any atom is -0.493 e. The molecule has 0 aliphatic heterocycles. The summed E-state index contributed by atoms with van der Waals surface area (Å²) in [5.74, 6) is 1.31. The Balaban J connectivity index is 1.43. The first kappa shape index (κ1) is 24.4. The second-order valence-corrected chi connectivity index (χ2v) is 9.62. The maximum atomic E-state index is 13.3. The van der Waals surface area contributed by atoms with Gasteiger partial charge in [0.15, 0.2) is 17.2 Å². The van der Waals surface area contributed by atoms with E-state index in [1.54, 1.807) is 30.3 Å². The summed E-state index contributed by atoms with van der Waals surface area (Å²) in [5, 5.41) is 8.32. The van der Waals surface area contributed by atoms with Gasteiger partial charge in [0.25, 0.3) is 0 Å². The van der Waals surface area contributed by atoms with Crippen molar-refractivity contribution in [2.24, 2.45) is 7.05 Å². The molecule has 0 spiro atoms. The monoisotopic (exact) mass is 553 g/mol. The Labute approximate surface area is 216 Å². The maximum absolute atomic E-state index is 13.3. The van der Waals surface area contributed by atoms with E-state index >= 15 is 0 Å². The van der Waals surface area contributed by atoms with Gasteiger partial charge in [-0.05, 0) is 30.3 Å². The quantitative estimate of drug-likeness (QED) is 0.239. The Bertz CT molecular complexity index is 1600. The lowest BCUT2D eigenvalue weighted by Crippen LogP contribution is -2.07. The van der Waals surface area contributed by atoms with Gasteiger partial charge >= 0.3 is 6.18 Å². The zero-order valence-electron chi connectivity index (χ0n) is 18.7. The molecular weight excluding hydrogens is 538 g/mol. The van der Waals surface area contributed by atoms with Crippen LogP contribution in [0.15, 0.2) is 42.7 Å². The number of hydrogen-bond donors (Lipinski definition) is 1. The van der Waals surface area contributed by atoms with Gasteiger partial charge in [-0.3, -0.25) is 4.68 Å². The molecule has 0 radical (unpaired) electrons. The number of fused-ring (bicyclic) bond motifs is 2. The normalized spacial score (nSPS) is 11.9. The number of ether oxygens (including phenoxy) is 2. The molecule has 2 aromatic carbocycles. The second-order valence-electron chi connectivity index (χ2n) is 7.69. The molecule has 7 nitrogen and oxygen atoms in total. The predicted molar refractivity (Wildman–Crippen MR) is 134 cm³/mol. The van der Waals surface area contributed by atoms with Crippen molar-refractivity contribution in [1.29, 1.82) is 0 Å². The van der Waals surface area contributed by atoms with Crippen LogP contribution in [0.2, 0.25) is 10.0 Å². The van der Waals surface area contributed by atoms with E-state index in [4.69, 9.17) is 32.7 Å². The molecule has 0 saturated heterocycles. The van der Waals surface area contributed by atoms with Crippen molar-refractivity contribution in [3.05, 3.63) is 63.3 Å². The van der Waals surface area contributed by atoms with Crippen LogP contribution in [0, 0.1) is 0 Å². The van der Waals surface area contributed by atoms with Gasteiger partial charge in [-0.15, -0.1) is 11.3 Å². The van der Waals surface area contributed by atoms with Crippen molar-refractivity contribution in [3.63, 3.8) is 0 Å². The number of hydrogen-bond acceptors (Lipinski definition) is 7. The first-order chi connectivity index (χ1) is 17.1. The molecule has 0 aliphatic rings. The number of halogens is 5. The summed E-state index contributed by atoms with van der Waals surface area (Å²) < 4.78 is 52.6. The molecule has 0 saturated carbocycles. The van der Waals surface area contributed by atoms with E-state index in [2.05, 4.69) is 20.4 Å². The average Bonchev–Trinajstić information content (AvgIpc) is 3.39. The van der Waals surface area contributed by atoms with Gasteiger partial charge in [0.1, 0.15) is 23.6 Å². The molecule has 0 aliphatic carbocycles. The molecule has 36 heavy (non-hydrogen) atoms. The molecule has 3 heterocycles. The lowest BCUT2D eigenvalue weighted by molar-refractivity contribution is -0.140. The zero-order chi connectivity index (χ0) is 25.6. The fourth-order valence-corrected chi connectivity index (χ4v) is 4.95. The van der Waals surface area contributed by atoms with Crippen molar-refractivity contribution in [1.82, 2.24) is 19.7 Å². The van der Waals surface area contributed by atoms with Crippen LogP contribution in [0.4, 0.5) is 24.7 Å². The summed E-state index contributed by atoms with van der Waals surface area (Å²) in [5.41, 5.74) is 0.342. The highest BCUT2D eigenvalue weighted by Crippen LogP contribution is 2.39. The third-order valence-electron chi connectivity index (χ3n) is 5.30. The molecule has 3 aromatic heterocycles. The number of nitrogens with one attached hydrogen (secondary N) is 1. The van der Waals surface area contributed by atoms with Crippen molar-refractivity contribution in [2.75, 3.05) is 12.4 Å². The van der Waals surface area contributed by atoms with Crippen LogP contribution in [0.5, 0.6) is 11.5 Å². The molecule has 0 bridgehead atoms. The number of aromatic nitrogens is 4. The first-order valence-electron chi connectivity index (χ1n) is 10.3. The lowest BCUT2D eigenvalue weighted by Gasteiger charge is -2.13. The van der Waals surface area contributed by atoms with Gasteiger partial charge < -0.3 is 14.8 Å². The Hall–Kier alpha value is -3.28. The van der Waals surface area contributed by atoms with E-state index in [-0.39, 0.29) is 12.0 Å². The Morgan fingerprint density at radius 3 is 2.56 bits per heavy atom. The molecule has 186 valence electrons. The minimum absolute atomic E-state index is 0.0397. The summed E-state index contributed by atoms with van der Waals surface area (Å²) in [6, 6.07) is 9.97. The highest BCUT2D eigenvalue weighted by molar-refractivity contribution is 7.18. The van der Waals surface area contributed by atoms with Gasteiger partial charge in [0.2, 0.25) is 0 Å². The average molecular weight is 554 g/mol. The van der Waals surface area contributed by atoms with Gasteiger partial charge in [0, 0.05) is 34.5 Å². The number of methoxy groups -OCH3 is 1. The lowest BCUT2D eigenvalue weighted by atomic mass is 10.2. The topological polar surface area (TPSA) is 74.1 Å².